The van der Waals surface area contributed by atoms with Crippen LogP contribution in [0.3, 0.4) is 0 Å². The first-order valence-corrected chi connectivity index (χ1v) is 9.95. The van der Waals surface area contributed by atoms with Gasteiger partial charge >= 0.3 is 0 Å². The molecule has 0 bridgehead atoms. The largest absolute Gasteiger partial charge is 0.493 e. The number of rotatable bonds is 10. The Hall–Kier alpha value is -3.02. The van der Waals surface area contributed by atoms with Crippen molar-refractivity contribution in [1.29, 1.82) is 0 Å². The topological polar surface area (TPSA) is 67.9 Å². The van der Waals surface area contributed by atoms with Gasteiger partial charge in [-0.25, -0.2) is 0 Å². The van der Waals surface area contributed by atoms with Crippen molar-refractivity contribution in [3.63, 3.8) is 0 Å². The van der Waals surface area contributed by atoms with Crippen LogP contribution in [-0.2, 0) is 4.79 Å². The zero-order chi connectivity index (χ0) is 21.2. The molecule has 0 atom stereocenters. The van der Waals surface area contributed by atoms with Crippen molar-refractivity contribution < 1.29 is 19.1 Å². The molecule has 0 aliphatic rings. The standard InChI is InChI=1S/C23H30N2O4/c1-5-12-25(13-6-2)23(27)18-8-7-9-19(15-18)24-22(26)16-29-20-11-10-17(3)14-21(20)28-4/h7-11,14-15H,5-6,12-13,16H2,1-4H3,(H,24,26). The highest BCUT2D eigenvalue weighted by Gasteiger charge is 2.15. The highest BCUT2D eigenvalue weighted by Crippen LogP contribution is 2.27. The van der Waals surface area contributed by atoms with Gasteiger partial charge in [-0.3, -0.25) is 9.59 Å². The molecular formula is C23H30N2O4. The van der Waals surface area contributed by atoms with Crippen LogP contribution in [0.15, 0.2) is 42.5 Å². The smallest absolute Gasteiger partial charge is 0.262 e. The number of hydrogen-bond acceptors (Lipinski definition) is 4. The first kappa shape index (κ1) is 22.3. The Balaban J connectivity index is 2.00. The molecular weight excluding hydrogens is 368 g/mol. The summed E-state index contributed by atoms with van der Waals surface area (Å²) in [5.74, 6) is 0.755. The Morgan fingerprint density at radius 2 is 1.72 bits per heavy atom. The SMILES string of the molecule is CCCN(CCC)C(=O)c1cccc(NC(=O)COc2ccc(C)cc2OC)c1. The van der Waals surface area contributed by atoms with Crippen molar-refractivity contribution in [3.8, 4) is 11.5 Å². The van der Waals surface area contributed by atoms with E-state index in [-0.39, 0.29) is 18.4 Å². The predicted octanol–water partition coefficient (Wildman–Crippen LogP) is 4.28. The van der Waals surface area contributed by atoms with Crippen LogP contribution >= 0.6 is 0 Å². The van der Waals surface area contributed by atoms with E-state index in [2.05, 4.69) is 19.2 Å². The Morgan fingerprint density at radius 1 is 1.00 bits per heavy atom. The molecule has 0 aromatic heterocycles. The van der Waals surface area contributed by atoms with Crippen LogP contribution in [0.4, 0.5) is 5.69 Å². The molecule has 0 unspecified atom stereocenters. The molecule has 156 valence electrons. The minimum atomic E-state index is -0.309. The van der Waals surface area contributed by atoms with Crippen LogP contribution in [0.5, 0.6) is 11.5 Å². The number of carbonyl (C=O) groups is 2. The average Bonchev–Trinajstić information content (AvgIpc) is 2.72. The number of anilines is 1. The van der Waals surface area contributed by atoms with E-state index in [1.807, 2.05) is 24.0 Å². The van der Waals surface area contributed by atoms with Crippen LogP contribution in [0, 0.1) is 6.92 Å². The fourth-order valence-corrected chi connectivity index (χ4v) is 3.00. The molecule has 2 aromatic carbocycles. The lowest BCUT2D eigenvalue weighted by molar-refractivity contribution is -0.118. The third kappa shape index (κ3) is 6.52. The van der Waals surface area contributed by atoms with Gasteiger partial charge in [-0.2, -0.15) is 0 Å². The molecule has 0 spiro atoms. The van der Waals surface area contributed by atoms with Crippen molar-refractivity contribution in [3.05, 3.63) is 53.6 Å². The minimum Gasteiger partial charge on any atom is -0.493 e. The molecule has 0 saturated heterocycles. The molecule has 0 fully saturated rings. The number of methoxy groups -OCH3 is 1. The second kappa shape index (κ2) is 11.1. The molecule has 2 aromatic rings. The Bertz CT molecular complexity index is 829. The Morgan fingerprint density at radius 3 is 2.38 bits per heavy atom. The first-order valence-electron chi connectivity index (χ1n) is 9.95. The molecule has 1 N–H and O–H groups in total. The maximum Gasteiger partial charge on any atom is 0.262 e. The summed E-state index contributed by atoms with van der Waals surface area (Å²) in [6, 6.07) is 12.5. The average molecular weight is 399 g/mol. The van der Waals surface area contributed by atoms with Gasteiger partial charge < -0.3 is 19.7 Å². The second-order valence-electron chi connectivity index (χ2n) is 6.86. The maximum absolute atomic E-state index is 12.7. The number of carbonyl (C=O) groups excluding carboxylic acids is 2. The number of ether oxygens (including phenoxy) is 2. The third-order valence-electron chi connectivity index (χ3n) is 4.35. The van der Waals surface area contributed by atoms with E-state index < -0.39 is 0 Å². The van der Waals surface area contributed by atoms with Crippen LogP contribution in [-0.4, -0.2) is 43.5 Å². The van der Waals surface area contributed by atoms with Gasteiger partial charge in [0.2, 0.25) is 0 Å². The molecule has 0 aliphatic carbocycles. The summed E-state index contributed by atoms with van der Waals surface area (Å²) in [6.45, 7) is 7.33. The fourth-order valence-electron chi connectivity index (χ4n) is 3.00. The van der Waals surface area contributed by atoms with Crippen molar-refractivity contribution >= 4 is 17.5 Å². The lowest BCUT2D eigenvalue weighted by Crippen LogP contribution is -2.32. The summed E-state index contributed by atoms with van der Waals surface area (Å²) in [4.78, 5) is 26.9. The molecule has 2 amide bonds. The quantitative estimate of drug-likeness (QED) is 0.648. The monoisotopic (exact) mass is 398 g/mol. The van der Waals surface area contributed by atoms with E-state index in [0.29, 0.717) is 22.7 Å². The molecule has 0 heterocycles. The molecule has 0 aliphatic heterocycles. The van der Waals surface area contributed by atoms with E-state index in [4.69, 9.17) is 9.47 Å². The lowest BCUT2D eigenvalue weighted by Gasteiger charge is -2.21. The summed E-state index contributed by atoms with van der Waals surface area (Å²) in [5.41, 5.74) is 2.17. The van der Waals surface area contributed by atoms with Gasteiger partial charge in [0.1, 0.15) is 0 Å². The zero-order valence-corrected chi connectivity index (χ0v) is 17.7. The van der Waals surface area contributed by atoms with Crippen LogP contribution in [0.2, 0.25) is 0 Å². The van der Waals surface area contributed by atoms with Crippen LogP contribution < -0.4 is 14.8 Å². The number of hydrogen-bond donors (Lipinski definition) is 1. The number of aryl methyl sites for hydroxylation is 1. The molecule has 0 saturated carbocycles. The number of nitrogens with zero attached hydrogens (tertiary/aromatic N) is 1. The summed E-state index contributed by atoms with van der Waals surface area (Å²) in [7, 11) is 1.56. The Kier molecular flexibility index (Phi) is 8.52. The molecule has 2 rings (SSSR count). The summed E-state index contributed by atoms with van der Waals surface area (Å²) in [5, 5.41) is 2.78. The van der Waals surface area contributed by atoms with Gasteiger partial charge in [-0.15, -0.1) is 0 Å². The normalized spacial score (nSPS) is 10.3. The van der Waals surface area contributed by atoms with Gasteiger partial charge in [-0.1, -0.05) is 26.0 Å². The molecule has 0 radical (unpaired) electrons. The van der Waals surface area contributed by atoms with Crippen molar-refractivity contribution in [2.24, 2.45) is 0 Å². The van der Waals surface area contributed by atoms with E-state index in [9.17, 15) is 9.59 Å². The van der Waals surface area contributed by atoms with Crippen LogP contribution in [0.1, 0.15) is 42.6 Å². The highest BCUT2D eigenvalue weighted by atomic mass is 16.5. The van der Waals surface area contributed by atoms with Crippen molar-refractivity contribution in [2.45, 2.75) is 33.6 Å². The number of benzene rings is 2. The summed E-state index contributed by atoms with van der Waals surface area (Å²) in [6.07, 6.45) is 1.81. The second-order valence-corrected chi connectivity index (χ2v) is 6.86. The molecule has 6 nitrogen and oxygen atoms in total. The molecule has 29 heavy (non-hydrogen) atoms. The molecule has 6 heteroatoms. The van der Waals surface area contributed by atoms with Gasteiger partial charge in [-0.05, 0) is 55.7 Å². The highest BCUT2D eigenvalue weighted by molar-refractivity contribution is 5.97. The van der Waals surface area contributed by atoms with E-state index in [1.54, 1.807) is 37.4 Å². The van der Waals surface area contributed by atoms with Crippen molar-refractivity contribution in [1.82, 2.24) is 4.90 Å². The number of nitrogens with one attached hydrogen (secondary N) is 1. The van der Waals surface area contributed by atoms with Gasteiger partial charge in [0.05, 0.1) is 7.11 Å². The summed E-state index contributed by atoms with van der Waals surface area (Å²) < 4.78 is 10.9. The van der Waals surface area contributed by atoms with Gasteiger partial charge in [0, 0.05) is 24.3 Å². The van der Waals surface area contributed by atoms with Gasteiger partial charge in [0.15, 0.2) is 18.1 Å². The first-order chi connectivity index (χ1) is 14.0. The lowest BCUT2D eigenvalue weighted by atomic mass is 10.1. The zero-order valence-electron chi connectivity index (χ0n) is 17.7. The van der Waals surface area contributed by atoms with E-state index >= 15 is 0 Å². The maximum atomic E-state index is 12.7. The number of amides is 2. The van der Waals surface area contributed by atoms with Crippen molar-refractivity contribution in [2.75, 3.05) is 32.1 Å². The fraction of sp³-hybridized carbons (Fsp3) is 0.391. The van der Waals surface area contributed by atoms with E-state index in [1.165, 1.54) is 0 Å². The van der Waals surface area contributed by atoms with E-state index in [0.717, 1.165) is 31.5 Å². The van der Waals surface area contributed by atoms with Gasteiger partial charge in [0.25, 0.3) is 11.8 Å². The minimum absolute atomic E-state index is 0.0227. The van der Waals surface area contributed by atoms with Crippen LogP contribution in [0.25, 0.3) is 0 Å². The third-order valence-corrected chi connectivity index (χ3v) is 4.35. The predicted molar refractivity (Wildman–Crippen MR) is 115 cm³/mol. The summed E-state index contributed by atoms with van der Waals surface area (Å²) >= 11 is 0. The Labute approximate surface area is 172 Å².